The highest BCUT2D eigenvalue weighted by atomic mass is 16.1. The average molecular weight is 269 g/mol. The zero-order valence-corrected chi connectivity index (χ0v) is 11.9. The number of nitrogens with two attached hydrogens (primary N) is 1. The number of rotatable bonds is 3. The number of hydrogen-bond donors (Lipinski definition) is 3. The van der Waals surface area contributed by atoms with Crippen molar-refractivity contribution >= 4 is 23.0 Å². The highest BCUT2D eigenvalue weighted by Gasteiger charge is 2.07. The highest BCUT2D eigenvalue weighted by molar-refractivity contribution is 5.96. The van der Waals surface area contributed by atoms with Gasteiger partial charge in [-0.25, -0.2) is 0 Å². The van der Waals surface area contributed by atoms with Gasteiger partial charge in [-0.2, -0.15) is 0 Å². The molecule has 0 heterocycles. The molecule has 0 aliphatic heterocycles. The third-order valence-corrected chi connectivity index (χ3v) is 3.04. The Kier molecular flexibility index (Phi) is 3.94. The van der Waals surface area contributed by atoms with E-state index < -0.39 is 0 Å². The molecule has 0 atom stereocenters. The second-order valence-corrected chi connectivity index (χ2v) is 4.88. The molecule has 0 unspecified atom stereocenters. The molecule has 4 N–H and O–H groups in total. The molecular formula is C16H19N3O. The Bertz CT molecular complexity index is 630. The predicted molar refractivity (Wildman–Crippen MR) is 83.4 cm³/mol. The number of anilines is 3. The van der Waals surface area contributed by atoms with E-state index in [1.54, 1.807) is 25.2 Å². The Balaban J connectivity index is 2.34. The fourth-order valence-electron chi connectivity index (χ4n) is 2.15. The minimum absolute atomic E-state index is 0.131. The standard InChI is InChI=1S/C16H19N3O/c1-10-6-11(2)8-13(7-10)19-15-9-12(16(20)18-3)4-5-14(15)17/h4-9,19H,17H2,1-3H3,(H,18,20). The van der Waals surface area contributed by atoms with Crippen LogP contribution >= 0.6 is 0 Å². The van der Waals surface area contributed by atoms with Crippen molar-refractivity contribution in [2.75, 3.05) is 18.1 Å². The maximum Gasteiger partial charge on any atom is 0.251 e. The first-order valence-corrected chi connectivity index (χ1v) is 6.46. The monoisotopic (exact) mass is 269 g/mol. The van der Waals surface area contributed by atoms with Crippen molar-refractivity contribution in [3.05, 3.63) is 53.1 Å². The molecule has 4 nitrogen and oxygen atoms in total. The number of benzene rings is 2. The van der Waals surface area contributed by atoms with E-state index in [0.717, 1.165) is 11.4 Å². The van der Waals surface area contributed by atoms with E-state index in [1.807, 2.05) is 26.0 Å². The van der Waals surface area contributed by atoms with Crippen molar-refractivity contribution in [3.63, 3.8) is 0 Å². The van der Waals surface area contributed by atoms with Gasteiger partial charge in [0.1, 0.15) is 0 Å². The largest absolute Gasteiger partial charge is 0.397 e. The molecule has 0 fully saturated rings. The fourth-order valence-corrected chi connectivity index (χ4v) is 2.15. The quantitative estimate of drug-likeness (QED) is 0.750. The normalized spacial score (nSPS) is 10.2. The highest BCUT2D eigenvalue weighted by Crippen LogP contribution is 2.25. The first kappa shape index (κ1) is 13.9. The fraction of sp³-hybridized carbons (Fsp3) is 0.188. The first-order chi connectivity index (χ1) is 9.49. The number of hydrogen-bond acceptors (Lipinski definition) is 3. The second-order valence-electron chi connectivity index (χ2n) is 4.88. The third-order valence-electron chi connectivity index (χ3n) is 3.04. The van der Waals surface area contributed by atoms with Crippen LogP contribution in [0.15, 0.2) is 36.4 Å². The van der Waals surface area contributed by atoms with Crippen molar-refractivity contribution in [3.8, 4) is 0 Å². The lowest BCUT2D eigenvalue weighted by atomic mass is 10.1. The predicted octanol–water partition coefficient (Wildman–Crippen LogP) is 2.99. The Morgan fingerprint density at radius 2 is 1.70 bits per heavy atom. The summed E-state index contributed by atoms with van der Waals surface area (Å²) >= 11 is 0. The molecule has 20 heavy (non-hydrogen) atoms. The third kappa shape index (κ3) is 3.09. The zero-order valence-electron chi connectivity index (χ0n) is 11.9. The number of nitrogen functional groups attached to an aromatic ring is 1. The van der Waals surface area contributed by atoms with Crippen LogP contribution in [0.5, 0.6) is 0 Å². The molecule has 104 valence electrons. The summed E-state index contributed by atoms with van der Waals surface area (Å²) in [5.41, 5.74) is 11.2. The Hall–Kier alpha value is -2.49. The molecule has 0 aliphatic rings. The van der Waals surface area contributed by atoms with Crippen LogP contribution in [0, 0.1) is 13.8 Å². The van der Waals surface area contributed by atoms with E-state index in [9.17, 15) is 4.79 Å². The lowest BCUT2D eigenvalue weighted by molar-refractivity contribution is 0.0963. The number of carbonyl (C=O) groups excluding carboxylic acids is 1. The van der Waals surface area contributed by atoms with E-state index in [1.165, 1.54) is 11.1 Å². The second kappa shape index (κ2) is 5.65. The van der Waals surface area contributed by atoms with E-state index in [0.29, 0.717) is 11.3 Å². The van der Waals surface area contributed by atoms with Gasteiger partial charge in [-0.1, -0.05) is 6.07 Å². The summed E-state index contributed by atoms with van der Waals surface area (Å²) in [6.45, 7) is 4.09. The molecule has 0 aliphatic carbocycles. The molecule has 1 amide bonds. The summed E-state index contributed by atoms with van der Waals surface area (Å²) in [6, 6.07) is 11.4. The minimum atomic E-state index is -0.131. The van der Waals surface area contributed by atoms with E-state index in [2.05, 4.69) is 16.7 Å². The van der Waals surface area contributed by atoms with Crippen LogP contribution in [0.1, 0.15) is 21.5 Å². The smallest absolute Gasteiger partial charge is 0.251 e. The first-order valence-electron chi connectivity index (χ1n) is 6.46. The van der Waals surface area contributed by atoms with E-state index in [-0.39, 0.29) is 5.91 Å². The molecule has 0 saturated carbocycles. The van der Waals surface area contributed by atoms with Crippen molar-refractivity contribution in [1.82, 2.24) is 5.32 Å². The molecule has 0 bridgehead atoms. The van der Waals surface area contributed by atoms with Crippen LogP contribution in [0.3, 0.4) is 0 Å². The summed E-state index contributed by atoms with van der Waals surface area (Å²) in [5, 5.41) is 5.87. The van der Waals surface area contributed by atoms with Gasteiger partial charge in [-0.15, -0.1) is 0 Å². The van der Waals surface area contributed by atoms with Gasteiger partial charge in [0.25, 0.3) is 5.91 Å². The molecule has 4 heteroatoms. The molecule has 2 rings (SSSR count). The maximum absolute atomic E-state index is 11.7. The molecule has 0 aromatic heterocycles. The van der Waals surface area contributed by atoms with Gasteiger partial charge in [-0.05, 0) is 55.3 Å². The van der Waals surface area contributed by atoms with Gasteiger partial charge in [0.05, 0.1) is 11.4 Å². The van der Waals surface area contributed by atoms with Gasteiger partial charge in [-0.3, -0.25) is 4.79 Å². The Morgan fingerprint density at radius 3 is 2.30 bits per heavy atom. The Labute approximate surface area is 119 Å². The number of carbonyl (C=O) groups is 1. The van der Waals surface area contributed by atoms with Gasteiger partial charge < -0.3 is 16.4 Å². The molecular weight excluding hydrogens is 250 g/mol. The van der Waals surface area contributed by atoms with Crippen molar-refractivity contribution in [2.24, 2.45) is 0 Å². The SMILES string of the molecule is CNC(=O)c1ccc(N)c(Nc2cc(C)cc(C)c2)c1. The van der Waals surface area contributed by atoms with Crippen LogP contribution in [-0.4, -0.2) is 13.0 Å². The molecule has 2 aromatic rings. The van der Waals surface area contributed by atoms with Crippen LogP contribution in [0.4, 0.5) is 17.1 Å². The van der Waals surface area contributed by atoms with Gasteiger partial charge >= 0.3 is 0 Å². The average Bonchev–Trinajstić information content (AvgIpc) is 2.39. The summed E-state index contributed by atoms with van der Waals surface area (Å²) in [4.78, 5) is 11.7. The Morgan fingerprint density at radius 1 is 1.05 bits per heavy atom. The minimum Gasteiger partial charge on any atom is -0.397 e. The lowest BCUT2D eigenvalue weighted by Gasteiger charge is -2.12. The topological polar surface area (TPSA) is 67.2 Å². The molecule has 0 saturated heterocycles. The van der Waals surface area contributed by atoms with Crippen LogP contribution < -0.4 is 16.4 Å². The van der Waals surface area contributed by atoms with Crippen molar-refractivity contribution < 1.29 is 4.79 Å². The summed E-state index contributed by atoms with van der Waals surface area (Å²) in [5.74, 6) is -0.131. The summed E-state index contributed by atoms with van der Waals surface area (Å²) in [6.07, 6.45) is 0. The van der Waals surface area contributed by atoms with Crippen molar-refractivity contribution in [1.29, 1.82) is 0 Å². The number of amides is 1. The van der Waals surface area contributed by atoms with Crippen LogP contribution in [-0.2, 0) is 0 Å². The summed E-state index contributed by atoms with van der Waals surface area (Å²) in [7, 11) is 1.61. The van der Waals surface area contributed by atoms with Gasteiger partial charge in [0, 0.05) is 18.3 Å². The zero-order chi connectivity index (χ0) is 14.7. The lowest BCUT2D eigenvalue weighted by Crippen LogP contribution is -2.17. The van der Waals surface area contributed by atoms with E-state index >= 15 is 0 Å². The summed E-state index contributed by atoms with van der Waals surface area (Å²) < 4.78 is 0. The number of aryl methyl sites for hydroxylation is 2. The van der Waals surface area contributed by atoms with Gasteiger partial charge in [0.15, 0.2) is 0 Å². The molecule has 0 radical (unpaired) electrons. The molecule has 2 aromatic carbocycles. The van der Waals surface area contributed by atoms with E-state index in [4.69, 9.17) is 5.73 Å². The maximum atomic E-state index is 11.7. The number of nitrogens with one attached hydrogen (secondary N) is 2. The molecule has 0 spiro atoms. The van der Waals surface area contributed by atoms with Crippen molar-refractivity contribution in [2.45, 2.75) is 13.8 Å². The van der Waals surface area contributed by atoms with Crippen LogP contribution in [0.25, 0.3) is 0 Å². The van der Waals surface area contributed by atoms with Crippen LogP contribution in [0.2, 0.25) is 0 Å². The van der Waals surface area contributed by atoms with Gasteiger partial charge in [0.2, 0.25) is 0 Å².